The van der Waals surface area contributed by atoms with Crippen LogP contribution in [0.1, 0.15) is 44.4 Å². The molecule has 2 rings (SSSR count). The first-order valence-corrected chi connectivity index (χ1v) is 10.4. The van der Waals surface area contributed by atoms with Crippen molar-refractivity contribution in [1.29, 1.82) is 0 Å². The van der Waals surface area contributed by atoms with Crippen LogP contribution in [-0.4, -0.2) is 50.1 Å². The van der Waals surface area contributed by atoms with E-state index in [2.05, 4.69) is 46.9 Å². The molecule has 24 heavy (non-hydrogen) atoms. The summed E-state index contributed by atoms with van der Waals surface area (Å²) in [5, 5.41) is 8.92. The number of unbranched alkanes of at least 4 members (excludes halogenated alkanes) is 1. The number of piperidine rings is 1. The highest BCUT2D eigenvalue weighted by Crippen LogP contribution is 2.15. The van der Waals surface area contributed by atoms with E-state index in [0.717, 1.165) is 37.9 Å². The van der Waals surface area contributed by atoms with Gasteiger partial charge in [-0.2, -0.15) is 0 Å². The minimum atomic E-state index is 0.879. The molecule has 1 unspecified atom stereocenters. The summed E-state index contributed by atoms with van der Waals surface area (Å²) >= 11 is 1.82. The molecule has 5 heteroatoms. The van der Waals surface area contributed by atoms with Crippen LogP contribution in [0.2, 0.25) is 0 Å². The molecule has 1 saturated heterocycles. The van der Waals surface area contributed by atoms with Gasteiger partial charge in [-0.15, -0.1) is 11.3 Å². The predicted octanol–water partition coefficient (Wildman–Crippen LogP) is 3.36. The SMILES string of the molecule is CCNC(=NCCCCN1CCCC(C)C1)NCCc1cccs1. The van der Waals surface area contributed by atoms with Crippen LogP contribution in [0.4, 0.5) is 0 Å². The lowest BCUT2D eigenvalue weighted by Crippen LogP contribution is -2.38. The summed E-state index contributed by atoms with van der Waals surface area (Å²) in [5.74, 6) is 1.84. The largest absolute Gasteiger partial charge is 0.357 e. The van der Waals surface area contributed by atoms with Gasteiger partial charge in [0, 0.05) is 31.1 Å². The predicted molar refractivity (Wildman–Crippen MR) is 106 cm³/mol. The van der Waals surface area contributed by atoms with Gasteiger partial charge < -0.3 is 15.5 Å². The van der Waals surface area contributed by atoms with Crippen molar-refractivity contribution in [1.82, 2.24) is 15.5 Å². The van der Waals surface area contributed by atoms with Gasteiger partial charge in [-0.25, -0.2) is 0 Å². The van der Waals surface area contributed by atoms with E-state index in [1.165, 1.54) is 50.2 Å². The maximum absolute atomic E-state index is 4.71. The van der Waals surface area contributed by atoms with E-state index in [1.54, 1.807) is 0 Å². The third kappa shape index (κ3) is 7.67. The van der Waals surface area contributed by atoms with Crippen molar-refractivity contribution in [3.63, 3.8) is 0 Å². The average Bonchev–Trinajstić information content (AvgIpc) is 3.08. The van der Waals surface area contributed by atoms with Crippen LogP contribution in [-0.2, 0) is 6.42 Å². The summed E-state index contributed by atoms with van der Waals surface area (Å²) in [7, 11) is 0. The first kappa shape index (κ1) is 19.3. The molecule has 1 aromatic rings. The average molecular weight is 351 g/mol. The van der Waals surface area contributed by atoms with Crippen molar-refractivity contribution in [2.45, 2.75) is 46.0 Å². The molecule has 1 aromatic heterocycles. The molecule has 0 amide bonds. The number of nitrogens with one attached hydrogen (secondary N) is 2. The van der Waals surface area contributed by atoms with Crippen molar-refractivity contribution in [2.24, 2.45) is 10.9 Å². The lowest BCUT2D eigenvalue weighted by molar-refractivity contribution is 0.181. The summed E-state index contributed by atoms with van der Waals surface area (Å²) in [6.07, 6.45) is 6.27. The fourth-order valence-electron chi connectivity index (χ4n) is 3.23. The molecule has 136 valence electrons. The molecule has 0 radical (unpaired) electrons. The zero-order valence-electron chi connectivity index (χ0n) is 15.4. The zero-order chi connectivity index (χ0) is 17.0. The molecule has 1 aliphatic heterocycles. The molecule has 1 aliphatic rings. The number of aliphatic imine (C=N–C) groups is 1. The molecular formula is C19H34N4S. The van der Waals surface area contributed by atoms with Crippen LogP contribution in [0, 0.1) is 5.92 Å². The number of thiophene rings is 1. The standard InChI is InChI=1S/C19H34N4S/c1-3-20-19(22-12-10-18-9-7-15-24-18)21-11-4-5-13-23-14-6-8-17(2)16-23/h7,9,15,17H,3-6,8,10-14,16H2,1-2H3,(H2,20,21,22). The van der Waals surface area contributed by atoms with Crippen molar-refractivity contribution in [3.8, 4) is 0 Å². The molecule has 0 bridgehead atoms. The van der Waals surface area contributed by atoms with Crippen LogP contribution in [0.5, 0.6) is 0 Å². The molecule has 0 aliphatic carbocycles. The van der Waals surface area contributed by atoms with Gasteiger partial charge in [-0.1, -0.05) is 13.0 Å². The van der Waals surface area contributed by atoms with Gasteiger partial charge in [0.05, 0.1) is 0 Å². The van der Waals surface area contributed by atoms with E-state index in [0.29, 0.717) is 0 Å². The number of guanidine groups is 1. The third-order valence-corrected chi connectivity index (χ3v) is 5.42. The highest BCUT2D eigenvalue weighted by atomic mass is 32.1. The lowest BCUT2D eigenvalue weighted by atomic mass is 10.0. The molecule has 1 atom stereocenters. The maximum atomic E-state index is 4.71. The van der Waals surface area contributed by atoms with Gasteiger partial charge >= 0.3 is 0 Å². The smallest absolute Gasteiger partial charge is 0.191 e. The first-order valence-electron chi connectivity index (χ1n) is 9.55. The molecule has 2 heterocycles. The van der Waals surface area contributed by atoms with E-state index in [9.17, 15) is 0 Å². The zero-order valence-corrected chi connectivity index (χ0v) is 16.2. The Balaban J connectivity index is 1.59. The Labute approximate surface area is 151 Å². The summed E-state index contributed by atoms with van der Waals surface area (Å²) in [5.41, 5.74) is 0. The Hall–Kier alpha value is -1.07. The second kappa shape index (κ2) is 11.5. The van der Waals surface area contributed by atoms with Gasteiger partial charge in [-0.3, -0.25) is 4.99 Å². The molecule has 1 fully saturated rings. The highest BCUT2D eigenvalue weighted by molar-refractivity contribution is 7.09. The van der Waals surface area contributed by atoms with E-state index in [4.69, 9.17) is 4.99 Å². The van der Waals surface area contributed by atoms with E-state index < -0.39 is 0 Å². The van der Waals surface area contributed by atoms with Crippen LogP contribution in [0.3, 0.4) is 0 Å². The summed E-state index contributed by atoms with van der Waals surface area (Å²) < 4.78 is 0. The van der Waals surface area contributed by atoms with Crippen LogP contribution in [0.15, 0.2) is 22.5 Å². The van der Waals surface area contributed by atoms with Crippen LogP contribution < -0.4 is 10.6 Å². The van der Waals surface area contributed by atoms with Crippen molar-refractivity contribution >= 4 is 17.3 Å². The molecule has 0 spiro atoms. The Kier molecular flexibility index (Phi) is 9.21. The Bertz CT molecular complexity index is 458. The monoisotopic (exact) mass is 350 g/mol. The van der Waals surface area contributed by atoms with Gasteiger partial charge in [-0.05, 0) is 69.5 Å². The van der Waals surface area contributed by atoms with E-state index >= 15 is 0 Å². The fraction of sp³-hybridized carbons (Fsp3) is 0.737. The van der Waals surface area contributed by atoms with Crippen molar-refractivity contribution in [3.05, 3.63) is 22.4 Å². The molecular weight excluding hydrogens is 316 g/mol. The molecule has 0 saturated carbocycles. The minimum absolute atomic E-state index is 0.879. The maximum Gasteiger partial charge on any atom is 0.191 e. The Morgan fingerprint density at radius 1 is 1.38 bits per heavy atom. The molecule has 0 aromatic carbocycles. The normalized spacial score (nSPS) is 19.4. The van der Waals surface area contributed by atoms with Crippen molar-refractivity contribution in [2.75, 3.05) is 39.3 Å². The summed E-state index contributed by atoms with van der Waals surface area (Å²) in [6, 6.07) is 4.31. The number of likely N-dealkylation sites (tertiary alicyclic amines) is 1. The van der Waals surface area contributed by atoms with Crippen LogP contribution >= 0.6 is 11.3 Å². The first-order chi connectivity index (χ1) is 11.8. The van der Waals surface area contributed by atoms with Gasteiger partial charge in [0.25, 0.3) is 0 Å². The summed E-state index contributed by atoms with van der Waals surface area (Å²) in [4.78, 5) is 8.76. The van der Waals surface area contributed by atoms with Gasteiger partial charge in [0.15, 0.2) is 5.96 Å². The van der Waals surface area contributed by atoms with Crippen LogP contribution in [0.25, 0.3) is 0 Å². The Morgan fingerprint density at radius 2 is 2.29 bits per heavy atom. The highest BCUT2D eigenvalue weighted by Gasteiger charge is 2.15. The summed E-state index contributed by atoms with van der Waals surface area (Å²) in [6.45, 7) is 11.1. The van der Waals surface area contributed by atoms with E-state index in [1.807, 2.05) is 11.3 Å². The quantitative estimate of drug-likeness (QED) is 0.407. The third-order valence-electron chi connectivity index (χ3n) is 4.48. The van der Waals surface area contributed by atoms with Crippen molar-refractivity contribution < 1.29 is 0 Å². The topological polar surface area (TPSA) is 39.7 Å². The number of rotatable bonds is 9. The van der Waals surface area contributed by atoms with Gasteiger partial charge in [0.2, 0.25) is 0 Å². The fourth-order valence-corrected chi connectivity index (χ4v) is 3.94. The van der Waals surface area contributed by atoms with Gasteiger partial charge in [0.1, 0.15) is 0 Å². The van der Waals surface area contributed by atoms with E-state index in [-0.39, 0.29) is 0 Å². The second-order valence-corrected chi connectivity index (χ2v) is 7.80. The minimum Gasteiger partial charge on any atom is -0.357 e. The second-order valence-electron chi connectivity index (χ2n) is 6.77. The molecule has 4 nitrogen and oxygen atoms in total. The lowest BCUT2D eigenvalue weighted by Gasteiger charge is -2.30. The number of hydrogen-bond acceptors (Lipinski definition) is 3. The number of nitrogens with zero attached hydrogens (tertiary/aromatic N) is 2. The molecule has 2 N–H and O–H groups in total. The Morgan fingerprint density at radius 3 is 3.04 bits per heavy atom. The number of hydrogen-bond donors (Lipinski definition) is 2.